The molecule has 1 aromatic carbocycles. The molecule has 0 radical (unpaired) electrons. The summed E-state index contributed by atoms with van der Waals surface area (Å²) < 4.78 is 0. The van der Waals surface area contributed by atoms with Gasteiger partial charge in [0.25, 0.3) is 5.91 Å². The summed E-state index contributed by atoms with van der Waals surface area (Å²) in [5, 5.41) is 9.67. The normalized spacial score (nSPS) is 18.7. The lowest BCUT2D eigenvalue weighted by molar-refractivity contribution is -0.120. The number of halogens is 2. The van der Waals surface area contributed by atoms with Crippen molar-refractivity contribution in [3.63, 3.8) is 0 Å². The van der Waals surface area contributed by atoms with E-state index in [1.165, 1.54) is 6.42 Å². The fourth-order valence-corrected chi connectivity index (χ4v) is 3.82. The van der Waals surface area contributed by atoms with E-state index in [0.717, 1.165) is 51.6 Å². The van der Waals surface area contributed by atoms with E-state index in [1.54, 1.807) is 18.2 Å². The second-order valence-electron chi connectivity index (χ2n) is 7.02. The quantitative estimate of drug-likeness (QED) is 0.721. The summed E-state index contributed by atoms with van der Waals surface area (Å²) in [6.07, 6.45) is 7.29. The molecule has 0 bridgehead atoms. The molecule has 2 aliphatic rings. The highest BCUT2D eigenvalue weighted by molar-refractivity contribution is 6.34. The summed E-state index contributed by atoms with van der Waals surface area (Å²) in [5.41, 5.74) is 1.05. The van der Waals surface area contributed by atoms with Crippen molar-refractivity contribution in [3.8, 4) is 0 Å². The maximum atomic E-state index is 12.6. The van der Waals surface area contributed by atoms with Crippen molar-refractivity contribution in [2.24, 2.45) is 5.92 Å². The van der Waals surface area contributed by atoms with Gasteiger partial charge in [0.05, 0.1) is 10.6 Å². The van der Waals surface area contributed by atoms with Gasteiger partial charge in [-0.05, 0) is 57.0 Å². The molecule has 144 valence electrons. The molecule has 1 aromatic rings. The molecule has 1 aliphatic carbocycles. The molecular weight excluding hydrogens is 373 g/mol. The van der Waals surface area contributed by atoms with Crippen molar-refractivity contribution < 1.29 is 9.59 Å². The van der Waals surface area contributed by atoms with Crippen LogP contribution in [0.2, 0.25) is 5.02 Å². The Morgan fingerprint density at radius 3 is 2.42 bits per heavy atom. The Labute approximate surface area is 166 Å². The standard InChI is InChI=1S/C19H26ClN3O2.ClH/c20-17-7-6-15(23-18(24)13-8-10-21-11-9-13)12-16(17)19(25)22-14-4-2-1-3-5-14;/h6-7,12-14,21H,1-5,8-11H2,(H,22,25)(H,23,24);1H. The molecule has 0 unspecified atom stereocenters. The van der Waals surface area contributed by atoms with Crippen LogP contribution >= 0.6 is 24.0 Å². The minimum atomic E-state index is -0.158. The maximum Gasteiger partial charge on any atom is 0.253 e. The first-order chi connectivity index (χ1) is 12.1. The molecule has 3 N–H and O–H groups in total. The Morgan fingerprint density at radius 1 is 1.04 bits per heavy atom. The molecule has 2 fully saturated rings. The molecule has 0 atom stereocenters. The van der Waals surface area contributed by atoms with Crippen molar-refractivity contribution >= 4 is 41.5 Å². The van der Waals surface area contributed by atoms with Crippen molar-refractivity contribution in [1.82, 2.24) is 10.6 Å². The summed E-state index contributed by atoms with van der Waals surface area (Å²) >= 11 is 6.21. The lowest BCUT2D eigenvalue weighted by atomic mass is 9.95. The molecule has 0 spiro atoms. The van der Waals surface area contributed by atoms with Crippen LogP contribution < -0.4 is 16.0 Å². The van der Waals surface area contributed by atoms with E-state index in [4.69, 9.17) is 11.6 Å². The van der Waals surface area contributed by atoms with Crippen LogP contribution in [-0.4, -0.2) is 30.9 Å². The zero-order valence-electron chi connectivity index (χ0n) is 14.9. The van der Waals surface area contributed by atoms with Crippen LogP contribution in [0.5, 0.6) is 0 Å². The van der Waals surface area contributed by atoms with Crippen LogP contribution in [0.25, 0.3) is 0 Å². The topological polar surface area (TPSA) is 70.2 Å². The summed E-state index contributed by atoms with van der Waals surface area (Å²) in [6.45, 7) is 1.74. The third-order valence-corrected chi connectivity index (χ3v) is 5.46. The van der Waals surface area contributed by atoms with E-state index >= 15 is 0 Å². The van der Waals surface area contributed by atoms with Crippen molar-refractivity contribution in [2.45, 2.75) is 51.0 Å². The van der Waals surface area contributed by atoms with Crippen molar-refractivity contribution in [2.75, 3.05) is 18.4 Å². The number of anilines is 1. The third kappa shape index (κ3) is 5.60. The Bertz CT molecular complexity index is 627. The zero-order chi connectivity index (χ0) is 17.6. The molecule has 2 amide bonds. The van der Waals surface area contributed by atoms with E-state index in [-0.39, 0.29) is 36.2 Å². The minimum Gasteiger partial charge on any atom is -0.349 e. The number of hydrogen-bond acceptors (Lipinski definition) is 3. The summed E-state index contributed by atoms with van der Waals surface area (Å²) in [7, 11) is 0. The first kappa shape index (κ1) is 21.0. The van der Waals surface area contributed by atoms with Crippen LogP contribution in [0.4, 0.5) is 5.69 Å². The minimum absolute atomic E-state index is 0. The number of hydrogen-bond donors (Lipinski definition) is 3. The second-order valence-corrected chi connectivity index (χ2v) is 7.42. The predicted molar refractivity (Wildman–Crippen MR) is 107 cm³/mol. The molecule has 3 rings (SSSR count). The zero-order valence-corrected chi connectivity index (χ0v) is 16.4. The molecule has 26 heavy (non-hydrogen) atoms. The number of carbonyl (C=O) groups excluding carboxylic acids is 2. The van der Waals surface area contributed by atoms with Crippen LogP contribution in [0, 0.1) is 5.92 Å². The number of benzene rings is 1. The van der Waals surface area contributed by atoms with Crippen LogP contribution in [0.15, 0.2) is 18.2 Å². The lowest BCUT2D eigenvalue weighted by Crippen LogP contribution is -2.36. The van der Waals surface area contributed by atoms with Crippen molar-refractivity contribution in [1.29, 1.82) is 0 Å². The molecule has 1 saturated heterocycles. The van der Waals surface area contributed by atoms with Gasteiger partial charge in [0.1, 0.15) is 0 Å². The van der Waals surface area contributed by atoms with Gasteiger partial charge in [-0.15, -0.1) is 12.4 Å². The highest BCUT2D eigenvalue weighted by Crippen LogP contribution is 2.24. The number of amides is 2. The highest BCUT2D eigenvalue weighted by atomic mass is 35.5. The van der Waals surface area contributed by atoms with Gasteiger partial charge in [0, 0.05) is 17.6 Å². The average Bonchev–Trinajstić information content (AvgIpc) is 2.64. The summed E-state index contributed by atoms with van der Waals surface area (Å²) in [6, 6.07) is 5.33. The van der Waals surface area contributed by atoms with Gasteiger partial charge in [-0.3, -0.25) is 9.59 Å². The van der Waals surface area contributed by atoms with Crippen LogP contribution in [0.3, 0.4) is 0 Å². The first-order valence-electron chi connectivity index (χ1n) is 9.25. The maximum absolute atomic E-state index is 12.6. The van der Waals surface area contributed by atoms with Crippen LogP contribution in [-0.2, 0) is 4.79 Å². The Morgan fingerprint density at radius 2 is 1.73 bits per heavy atom. The second kappa shape index (κ2) is 10.1. The molecule has 1 saturated carbocycles. The molecule has 5 nitrogen and oxygen atoms in total. The number of carbonyl (C=O) groups is 2. The lowest BCUT2D eigenvalue weighted by Gasteiger charge is -2.23. The van der Waals surface area contributed by atoms with Gasteiger partial charge in [0.2, 0.25) is 5.91 Å². The predicted octanol–water partition coefficient (Wildman–Crippen LogP) is 3.76. The fraction of sp³-hybridized carbons (Fsp3) is 0.579. The Balaban J connectivity index is 0.00000243. The van der Waals surface area contributed by atoms with Gasteiger partial charge in [0.15, 0.2) is 0 Å². The summed E-state index contributed by atoms with van der Waals surface area (Å²) in [5.74, 6) is -0.117. The largest absolute Gasteiger partial charge is 0.349 e. The number of piperidine rings is 1. The van der Waals surface area contributed by atoms with Crippen molar-refractivity contribution in [3.05, 3.63) is 28.8 Å². The Kier molecular flexibility index (Phi) is 8.19. The first-order valence-corrected chi connectivity index (χ1v) is 9.63. The van der Waals surface area contributed by atoms with Gasteiger partial charge in [-0.2, -0.15) is 0 Å². The van der Waals surface area contributed by atoms with Gasteiger partial charge >= 0.3 is 0 Å². The SMILES string of the molecule is Cl.O=C(NC1CCCCC1)c1cc(NC(=O)C2CCNCC2)ccc1Cl. The number of rotatable bonds is 4. The van der Waals surface area contributed by atoms with E-state index in [2.05, 4.69) is 16.0 Å². The fourth-order valence-electron chi connectivity index (χ4n) is 3.62. The molecule has 1 heterocycles. The van der Waals surface area contributed by atoms with E-state index < -0.39 is 0 Å². The van der Waals surface area contributed by atoms with Gasteiger partial charge < -0.3 is 16.0 Å². The van der Waals surface area contributed by atoms with Crippen LogP contribution in [0.1, 0.15) is 55.3 Å². The van der Waals surface area contributed by atoms with Gasteiger partial charge in [-0.25, -0.2) is 0 Å². The van der Waals surface area contributed by atoms with E-state index in [0.29, 0.717) is 16.3 Å². The average molecular weight is 400 g/mol. The third-order valence-electron chi connectivity index (χ3n) is 5.13. The van der Waals surface area contributed by atoms with E-state index in [9.17, 15) is 9.59 Å². The summed E-state index contributed by atoms with van der Waals surface area (Å²) in [4.78, 5) is 24.9. The highest BCUT2D eigenvalue weighted by Gasteiger charge is 2.22. The molecule has 0 aromatic heterocycles. The van der Waals surface area contributed by atoms with Gasteiger partial charge in [-0.1, -0.05) is 30.9 Å². The Hall–Kier alpha value is -1.30. The number of nitrogens with one attached hydrogen (secondary N) is 3. The smallest absolute Gasteiger partial charge is 0.253 e. The monoisotopic (exact) mass is 399 g/mol. The molecular formula is C19H27Cl2N3O2. The van der Waals surface area contributed by atoms with E-state index in [1.807, 2.05) is 0 Å². The molecule has 7 heteroatoms. The molecule has 1 aliphatic heterocycles.